The maximum absolute atomic E-state index is 13.7. The lowest BCUT2D eigenvalue weighted by molar-refractivity contribution is 0.190. The molecule has 9 heteroatoms. The largest absolute Gasteiger partial charge is 0.358 e. The van der Waals surface area contributed by atoms with E-state index in [1.165, 1.54) is 0 Å². The number of rotatable bonds is 3. The van der Waals surface area contributed by atoms with Gasteiger partial charge in [0, 0.05) is 12.1 Å². The fraction of sp³-hybridized carbons (Fsp3) is 0.533. The summed E-state index contributed by atoms with van der Waals surface area (Å²) in [6.07, 6.45) is 3.74. The molecular formula is C15H18F5N3S. The Hall–Kier alpha value is -1.48. The maximum Gasteiger partial charge on any atom is 0.200 e. The van der Waals surface area contributed by atoms with E-state index in [1.807, 2.05) is 19.0 Å². The fourth-order valence-electron chi connectivity index (χ4n) is 2.93. The first-order chi connectivity index (χ1) is 11.2. The van der Waals surface area contributed by atoms with Crippen molar-refractivity contribution < 1.29 is 22.0 Å². The predicted molar refractivity (Wildman–Crippen MR) is 85.3 cm³/mol. The van der Waals surface area contributed by atoms with Crippen LogP contribution in [-0.4, -0.2) is 36.2 Å². The molecule has 1 aliphatic carbocycles. The highest BCUT2D eigenvalue weighted by Gasteiger charge is 2.29. The first-order valence-corrected chi connectivity index (χ1v) is 7.90. The van der Waals surface area contributed by atoms with Crippen LogP contribution in [0, 0.1) is 29.1 Å². The molecule has 1 fully saturated rings. The molecule has 0 heterocycles. The van der Waals surface area contributed by atoms with Crippen molar-refractivity contribution in [1.82, 2.24) is 10.2 Å². The van der Waals surface area contributed by atoms with E-state index in [2.05, 4.69) is 10.6 Å². The van der Waals surface area contributed by atoms with Gasteiger partial charge in [0.25, 0.3) is 0 Å². The molecule has 134 valence electrons. The van der Waals surface area contributed by atoms with Crippen LogP contribution >= 0.6 is 12.2 Å². The Morgan fingerprint density at radius 3 is 1.96 bits per heavy atom. The Bertz CT molecular complexity index is 609. The number of anilines is 1. The lowest BCUT2D eigenvalue weighted by Gasteiger charge is -2.37. The van der Waals surface area contributed by atoms with Crippen molar-refractivity contribution in [3.8, 4) is 0 Å². The first-order valence-electron chi connectivity index (χ1n) is 7.49. The third-order valence-corrected chi connectivity index (χ3v) is 4.38. The molecule has 24 heavy (non-hydrogen) atoms. The van der Waals surface area contributed by atoms with Gasteiger partial charge in [0.1, 0.15) is 5.69 Å². The van der Waals surface area contributed by atoms with Crippen LogP contribution in [-0.2, 0) is 0 Å². The molecular weight excluding hydrogens is 349 g/mol. The molecule has 1 saturated carbocycles. The van der Waals surface area contributed by atoms with Gasteiger partial charge in [0.05, 0.1) is 0 Å². The SMILES string of the molecule is CN(C)C1CCCC[C@@H]1NC(=S)Nc1c(F)c(F)c(F)c(F)c1F. The average Bonchev–Trinajstić information content (AvgIpc) is 2.55. The van der Waals surface area contributed by atoms with Crippen molar-refractivity contribution in [2.75, 3.05) is 19.4 Å². The third kappa shape index (κ3) is 3.77. The summed E-state index contributed by atoms with van der Waals surface area (Å²) in [5.41, 5.74) is -1.15. The van der Waals surface area contributed by atoms with Gasteiger partial charge in [-0.2, -0.15) is 0 Å². The average molecular weight is 367 g/mol. The predicted octanol–water partition coefficient (Wildman–Crippen LogP) is 3.54. The molecule has 1 aromatic rings. The summed E-state index contributed by atoms with van der Waals surface area (Å²) >= 11 is 4.98. The van der Waals surface area contributed by atoms with E-state index in [4.69, 9.17) is 12.2 Å². The summed E-state index contributed by atoms with van der Waals surface area (Å²) in [5, 5.41) is 4.83. The molecule has 1 aliphatic rings. The van der Waals surface area contributed by atoms with Crippen molar-refractivity contribution in [2.45, 2.75) is 37.8 Å². The minimum atomic E-state index is -2.20. The number of halogens is 5. The van der Waals surface area contributed by atoms with E-state index >= 15 is 0 Å². The standard InChI is InChI=1S/C15H18F5N3S/c1-23(2)8-6-4-3-5-7(8)21-15(24)22-14-12(19)10(17)9(16)11(18)13(14)20/h7-8H,3-6H2,1-2H3,(H2,21,22,24)/t7-,8?/m0/s1. The van der Waals surface area contributed by atoms with Crippen LogP contribution in [0.3, 0.4) is 0 Å². The van der Waals surface area contributed by atoms with Crippen molar-refractivity contribution in [3.05, 3.63) is 29.1 Å². The highest BCUT2D eigenvalue weighted by atomic mass is 32.1. The first kappa shape index (κ1) is 18.9. The highest BCUT2D eigenvalue weighted by Crippen LogP contribution is 2.27. The van der Waals surface area contributed by atoms with Crippen LogP contribution in [0.4, 0.5) is 27.6 Å². The maximum atomic E-state index is 13.7. The molecule has 0 bridgehead atoms. The second kappa shape index (κ2) is 7.60. The Labute approximate surface area is 142 Å². The van der Waals surface area contributed by atoms with Gasteiger partial charge in [0.15, 0.2) is 28.4 Å². The molecule has 0 aliphatic heterocycles. The zero-order chi connectivity index (χ0) is 18.0. The highest BCUT2D eigenvalue weighted by molar-refractivity contribution is 7.80. The third-order valence-electron chi connectivity index (χ3n) is 4.16. The molecule has 3 nitrogen and oxygen atoms in total. The number of hydrogen-bond acceptors (Lipinski definition) is 2. The molecule has 2 atom stereocenters. The Balaban J connectivity index is 2.15. The summed E-state index contributed by atoms with van der Waals surface area (Å²) in [4.78, 5) is 2.01. The van der Waals surface area contributed by atoms with Crippen LogP contribution in [0.1, 0.15) is 25.7 Å². The molecule has 2 rings (SSSR count). The summed E-state index contributed by atoms with van der Waals surface area (Å²) in [6, 6.07) is 0.0879. The van der Waals surface area contributed by atoms with Crippen LogP contribution in [0.25, 0.3) is 0 Å². The number of hydrogen-bond donors (Lipinski definition) is 2. The van der Waals surface area contributed by atoms with Crippen molar-refractivity contribution >= 4 is 23.0 Å². The molecule has 0 saturated heterocycles. The van der Waals surface area contributed by atoms with Crippen LogP contribution in [0.2, 0.25) is 0 Å². The fourth-order valence-corrected chi connectivity index (χ4v) is 3.18. The van der Waals surface area contributed by atoms with Gasteiger partial charge < -0.3 is 15.5 Å². The smallest absolute Gasteiger partial charge is 0.200 e. The Kier molecular flexibility index (Phi) is 5.97. The van der Waals surface area contributed by atoms with Gasteiger partial charge in [-0.05, 0) is 39.2 Å². The minimum absolute atomic E-state index is 0.0741. The van der Waals surface area contributed by atoms with Crippen molar-refractivity contribution in [2.24, 2.45) is 0 Å². The summed E-state index contributed by atoms with van der Waals surface area (Å²) < 4.78 is 66.8. The second-order valence-corrected chi connectivity index (χ2v) is 6.37. The molecule has 0 spiro atoms. The minimum Gasteiger partial charge on any atom is -0.358 e. The van der Waals surface area contributed by atoms with E-state index in [0.29, 0.717) is 0 Å². The van der Waals surface area contributed by atoms with Gasteiger partial charge in [0.2, 0.25) is 5.82 Å². The van der Waals surface area contributed by atoms with Crippen LogP contribution < -0.4 is 10.6 Å². The lowest BCUT2D eigenvalue weighted by atomic mass is 9.90. The molecule has 0 radical (unpaired) electrons. The zero-order valence-corrected chi connectivity index (χ0v) is 14.0. The van der Waals surface area contributed by atoms with Gasteiger partial charge in [-0.3, -0.25) is 0 Å². The summed E-state index contributed by atoms with van der Waals surface area (Å²) in [7, 11) is 3.82. The van der Waals surface area contributed by atoms with Gasteiger partial charge in [-0.1, -0.05) is 12.8 Å². The quantitative estimate of drug-likeness (QED) is 0.370. The number of likely N-dealkylation sites (N-methyl/N-ethyl adjacent to an activating group) is 1. The molecule has 1 aromatic carbocycles. The normalized spacial score (nSPS) is 21.0. The Morgan fingerprint density at radius 2 is 1.42 bits per heavy atom. The van der Waals surface area contributed by atoms with E-state index in [0.717, 1.165) is 25.7 Å². The van der Waals surface area contributed by atoms with Crippen LogP contribution in [0.15, 0.2) is 0 Å². The van der Waals surface area contributed by atoms with E-state index in [9.17, 15) is 22.0 Å². The van der Waals surface area contributed by atoms with Gasteiger partial charge in [-0.25, -0.2) is 22.0 Å². The van der Waals surface area contributed by atoms with Crippen molar-refractivity contribution in [1.29, 1.82) is 0 Å². The summed E-state index contributed by atoms with van der Waals surface area (Å²) in [6.45, 7) is 0. The van der Waals surface area contributed by atoms with E-state index in [-0.39, 0.29) is 17.2 Å². The lowest BCUT2D eigenvalue weighted by Crippen LogP contribution is -2.52. The Morgan fingerprint density at radius 1 is 0.917 bits per heavy atom. The molecule has 0 amide bonds. The number of nitrogens with zero attached hydrogens (tertiary/aromatic N) is 1. The number of benzene rings is 1. The van der Waals surface area contributed by atoms with Crippen molar-refractivity contribution in [3.63, 3.8) is 0 Å². The van der Waals surface area contributed by atoms with Gasteiger partial charge in [-0.15, -0.1) is 0 Å². The topological polar surface area (TPSA) is 27.3 Å². The van der Waals surface area contributed by atoms with E-state index in [1.54, 1.807) is 0 Å². The van der Waals surface area contributed by atoms with Gasteiger partial charge >= 0.3 is 0 Å². The number of nitrogens with one attached hydrogen (secondary N) is 2. The van der Waals surface area contributed by atoms with Crippen LogP contribution in [0.5, 0.6) is 0 Å². The zero-order valence-electron chi connectivity index (χ0n) is 13.2. The summed E-state index contributed by atoms with van der Waals surface area (Å²) in [5.74, 6) is -10.1. The van der Waals surface area contributed by atoms with E-state index < -0.39 is 34.8 Å². The monoisotopic (exact) mass is 367 g/mol. The molecule has 2 N–H and O–H groups in total. The molecule has 1 unspecified atom stereocenters. The number of thiocarbonyl (C=S) groups is 1. The molecule has 0 aromatic heterocycles. The second-order valence-electron chi connectivity index (χ2n) is 5.97.